The largest absolute Gasteiger partial charge is 0.573 e. The molecule has 41 heavy (non-hydrogen) atoms. The first-order valence-electron chi connectivity index (χ1n) is 12.8. The molecule has 2 aromatic carbocycles. The van der Waals surface area contributed by atoms with Crippen LogP contribution in [0.1, 0.15) is 20.3 Å². The second-order valence-corrected chi connectivity index (χ2v) is 9.22. The summed E-state index contributed by atoms with van der Waals surface area (Å²) in [6.45, 7) is 4.20. The van der Waals surface area contributed by atoms with Gasteiger partial charge in [-0.15, -0.1) is 18.3 Å². The fourth-order valence-corrected chi connectivity index (χ4v) is 4.68. The fraction of sp³-hybridized carbons (Fsp3) is 0.444. The van der Waals surface area contributed by atoms with Crippen LogP contribution in [0.3, 0.4) is 0 Å². The van der Waals surface area contributed by atoms with E-state index in [1.54, 1.807) is 38.3 Å². The lowest BCUT2D eigenvalue weighted by Gasteiger charge is -2.47. The number of rotatable bonds is 10. The Labute approximate surface area is 234 Å². The van der Waals surface area contributed by atoms with Crippen molar-refractivity contribution in [1.29, 1.82) is 0 Å². The van der Waals surface area contributed by atoms with E-state index in [1.807, 2.05) is 6.92 Å². The number of carbonyl (C=O) groups is 1. The first-order valence-corrected chi connectivity index (χ1v) is 12.8. The Bertz CT molecular complexity index is 1290. The molecule has 1 aliphatic heterocycles. The van der Waals surface area contributed by atoms with Crippen molar-refractivity contribution in [2.45, 2.75) is 57.3 Å². The van der Waals surface area contributed by atoms with Crippen LogP contribution in [0, 0.1) is 0 Å². The van der Waals surface area contributed by atoms with Gasteiger partial charge in [-0.2, -0.15) is 0 Å². The van der Waals surface area contributed by atoms with Gasteiger partial charge in [0, 0.05) is 32.1 Å². The smallest absolute Gasteiger partial charge is 0.465 e. The number of methoxy groups -OCH3 is 2. The average molecular weight is 581 g/mol. The van der Waals surface area contributed by atoms with Crippen molar-refractivity contribution in [3.05, 3.63) is 54.9 Å². The fourth-order valence-electron chi connectivity index (χ4n) is 4.68. The van der Waals surface area contributed by atoms with Gasteiger partial charge in [-0.3, -0.25) is 0 Å². The van der Waals surface area contributed by atoms with Crippen LogP contribution in [0.15, 0.2) is 54.9 Å². The lowest BCUT2D eigenvalue weighted by molar-refractivity contribution is -0.274. The normalized spacial score (nSPS) is 22.9. The number of halogens is 3. The monoisotopic (exact) mass is 580 g/mol. The Morgan fingerprint density at radius 2 is 1.71 bits per heavy atom. The third-order valence-electron chi connectivity index (χ3n) is 6.50. The zero-order valence-corrected chi connectivity index (χ0v) is 22.8. The van der Waals surface area contributed by atoms with E-state index >= 15 is 0 Å². The molecule has 2 heterocycles. The summed E-state index contributed by atoms with van der Waals surface area (Å²) < 4.78 is 66.0. The minimum atomic E-state index is -4.78. The van der Waals surface area contributed by atoms with E-state index in [0.29, 0.717) is 29.4 Å². The molecule has 5 atom stereocenters. The third-order valence-corrected chi connectivity index (χ3v) is 6.50. The SMILES string of the molecule is CCCO[C@@H]1[C@@H](OC)[C@H](C)O[C@H](N(C(=O)O)c2ccc(-c3ncn(-c4ccc(OC(F)(F)F)cc4)n3)cc2)[C@@H]1OC. The minimum Gasteiger partial charge on any atom is -0.465 e. The molecular formula is C27H31F3N4O7. The van der Waals surface area contributed by atoms with Crippen molar-refractivity contribution in [2.75, 3.05) is 25.7 Å². The molecular weight excluding hydrogens is 549 g/mol. The highest BCUT2D eigenvalue weighted by molar-refractivity contribution is 5.87. The van der Waals surface area contributed by atoms with Gasteiger partial charge in [-0.25, -0.2) is 19.4 Å². The van der Waals surface area contributed by atoms with Crippen LogP contribution in [-0.2, 0) is 18.9 Å². The summed E-state index contributed by atoms with van der Waals surface area (Å²) in [5, 5.41) is 14.6. The molecule has 1 aromatic heterocycles. The summed E-state index contributed by atoms with van der Waals surface area (Å²) in [7, 11) is 3.01. The molecule has 4 rings (SSSR count). The molecule has 0 spiro atoms. The van der Waals surface area contributed by atoms with E-state index in [0.717, 1.165) is 11.3 Å². The van der Waals surface area contributed by atoms with Gasteiger partial charge >= 0.3 is 12.5 Å². The molecule has 0 bridgehead atoms. The maximum atomic E-state index is 12.5. The van der Waals surface area contributed by atoms with E-state index in [4.69, 9.17) is 18.9 Å². The molecule has 1 fully saturated rings. The number of ether oxygens (including phenoxy) is 5. The number of aromatic nitrogens is 3. The van der Waals surface area contributed by atoms with Gasteiger partial charge in [-0.1, -0.05) is 6.92 Å². The average Bonchev–Trinajstić information content (AvgIpc) is 3.42. The number of benzene rings is 2. The van der Waals surface area contributed by atoms with Crippen molar-refractivity contribution in [3.63, 3.8) is 0 Å². The molecule has 1 saturated heterocycles. The van der Waals surface area contributed by atoms with Crippen molar-refractivity contribution < 1.29 is 46.8 Å². The number of hydrogen-bond donors (Lipinski definition) is 1. The number of hydrogen-bond acceptors (Lipinski definition) is 8. The lowest BCUT2D eigenvalue weighted by atomic mass is 9.97. The summed E-state index contributed by atoms with van der Waals surface area (Å²) in [4.78, 5) is 17.8. The predicted molar refractivity (Wildman–Crippen MR) is 140 cm³/mol. The lowest BCUT2D eigenvalue weighted by Crippen LogP contribution is -2.64. The van der Waals surface area contributed by atoms with Crippen LogP contribution in [0.5, 0.6) is 5.75 Å². The van der Waals surface area contributed by atoms with Gasteiger partial charge in [0.05, 0.1) is 11.8 Å². The molecule has 11 nitrogen and oxygen atoms in total. The van der Waals surface area contributed by atoms with Crippen LogP contribution in [0.4, 0.5) is 23.7 Å². The number of alkyl halides is 3. The second-order valence-electron chi connectivity index (χ2n) is 9.22. The molecule has 1 N–H and O–H groups in total. The van der Waals surface area contributed by atoms with Crippen LogP contribution < -0.4 is 9.64 Å². The molecule has 14 heteroatoms. The standard InChI is InChI=1S/C27H31F3N4O7/c1-5-14-39-22-21(37-3)16(2)40-25(23(22)38-4)34(26(35)36)19-8-6-17(7-9-19)24-31-15-33(32-24)18-10-12-20(13-11-18)41-27(28,29)30/h6-13,15-16,21-23,25H,5,14H2,1-4H3,(H,35,36)/t16-,21-,22+,23+,25-/m0/s1. The van der Waals surface area contributed by atoms with Crippen LogP contribution >= 0.6 is 0 Å². The van der Waals surface area contributed by atoms with Gasteiger partial charge < -0.3 is 28.8 Å². The van der Waals surface area contributed by atoms with E-state index in [9.17, 15) is 23.1 Å². The van der Waals surface area contributed by atoms with E-state index in [-0.39, 0.29) is 5.75 Å². The van der Waals surface area contributed by atoms with Crippen molar-refractivity contribution in [2.24, 2.45) is 0 Å². The predicted octanol–water partition coefficient (Wildman–Crippen LogP) is 4.89. The minimum absolute atomic E-state index is 0.322. The Morgan fingerprint density at radius 1 is 1.05 bits per heavy atom. The maximum absolute atomic E-state index is 12.5. The van der Waals surface area contributed by atoms with Crippen LogP contribution in [-0.4, -0.2) is 83.8 Å². The van der Waals surface area contributed by atoms with Crippen molar-refractivity contribution >= 4 is 11.8 Å². The maximum Gasteiger partial charge on any atom is 0.573 e. The first-order chi connectivity index (χ1) is 19.6. The third kappa shape index (κ3) is 6.96. The van der Waals surface area contributed by atoms with E-state index in [1.165, 1.54) is 42.4 Å². The topological polar surface area (TPSA) is 117 Å². The zero-order chi connectivity index (χ0) is 29.7. The molecule has 0 unspecified atom stereocenters. The molecule has 0 radical (unpaired) electrons. The van der Waals surface area contributed by atoms with Gasteiger partial charge in [-0.05, 0) is 61.9 Å². The van der Waals surface area contributed by atoms with Gasteiger partial charge in [0.1, 0.15) is 30.4 Å². The Hall–Kier alpha value is -3.72. The van der Waals surface area contributed by atoms with E-state index in [2.05, 4.69) is 14.8 Å². The Morgan fingerprint density at radius 3 is 2.27 bits per heavy atom. The molecule has 3 aromatic rings. The van der Waals surface area contributed by atoms with Gasteiger partial charge in [0.25, 0.3) is 0 Å². The molecule has 222 valence electrons. The summed E-state index contributed by atoms with van der Waals surface area (Å²) in [6, 6.07) is 11.7. The zero-order valence-electron chi connectivity index (χ0n) is 22.8. The quantitative estimate of drug-likeness (QED) is 0.358. The highest BCUT2D eigenvalue weighted by atomic mass is 19.4. The number of amides is 1. The first kappa shape index (κ1) is 30.2. The molecule has 0 saturated carbocycles. The summed E-state index contributed by atoms with van der Waals surface area (Å²) >= 11 is 0. The number of nitrogens with zero attached hydrogens (tertiary/aromatic N) is 4. The Kier molecular flexibility index (Phi) is 9.48. The highest BCUT2D eigenvalue weighted by Gasteiger charge is 2.49. The molecule has 1 aliphatic rings. The highest BCUT2D eigenvalue weighted by Crippen LogP contribution is 2.33. The number of anilines is 1. The Balaban J connectivity index is 1.55. The van der Waals surface area contributed by atoms with Crippen LogP contribution in [0.2, 0.25) is 0 Å². The molecule has 1 amide bonds. The van der Waals surface area contributed by atoms with Gasteiger partial charge in [0.2, 0.25) is 0 Å². The molecule has 0 aliphatic carbocycles. The number of carboxylic acid groups (broad SMARTS) is 1. The van der Waals surface area contributed by atoms with Crippen molar-refractivity contribution in [3.8, 4) is 22.8 Å². The van der Waals surface area contributed by atoms with Crippen molar-refractivity contribution in [1.82, 2.24) is 14.8 Å². The summed E-state index contributed by atoms with van der Waals surface area (Å²) in [5.41, 5.74) is 1.38. The summed E-state index contributed by atoms with van der Waals surface area (Å²) in [6.07, 6.45) is -7.17. The summed E-state index contributed by atoms with van der Waals surface area (Å²) in [5.74, 6) is -0.0319. The van der Waals surface area contributed by atoms with Gasteiger partial charge in [0.15, 0.2) is 12.1 Å². The van der Waals surface area contributed by atoms with E-state index < -0.39 is 43.1 Å². The second kappa shape index (κ2) is 12.9. The van der Waals surface area contributed by atoms with Crippen LogP contribution in [0.25, 0.3) is 17.1 Å².